The molecule has 4 nitrogen and oxygen atoms in total. The Hall–Kier alpha value is -3.14. The minimum atomic E-state index is -0.590. The van der Waals surface area contributed by atoms with Crippen LogP contribution in [-0.2, 0) is 11.2 Å². The maximum absolute atomic E-state index is 11.9. The second-order valence-corrected chi connectivity index (χ2v) is 5.70. The number of nitrogens with zero attached hydrogens (tertiary/aromatic N) is 1. The fraction of sp³-hybridized carbons (Fsp3) is 0.143. The maximum Gasteiger partial charge on any atom is 0.408 e. The Kier molecular flexibility index (Phi) is 4.80. The van der Waals surface area contributed by atoms with Gasteiger partial charge in [-0.15, -0.1) is 0 Å². The Morgan fingerprint density at radius 1 is 0.960 bits per heavy atom. The van der Waals surface area contributed by atoms with Gasteiger partial charge in [0.05, 0.1) is 18.2 Å². The van der Waals surface area contributed by atoms with E-state index < -0.39 is 5.97 Å². The molecule has 1 aromatic heterocycles. The lowest BCUT2D eigenvalue weighted by molar-refractivity contribution is -0.897. The van der Waals surface area contributed by atoms with E-state index in [9.17, 15) is 10.0 Å². The van der Waals surface area contributed by atoms with Crippen LogP contribution in [-0.4, -0.2) is 18.3 Å². The molecule has 0 saturated carbocycles. The molecule has 0 radical (unpaired) electrons. The van der Waals surface area contributed by atoms with Crippen molar-refractivity contribution < 1.29 is 19.5 Å². The van der Waals surface area contributed by atoms with Gasteiger partial charge in [-0.25, -0.2) is 4.79 Å². The molecule has 3 rings (SSSR count). The molecule has 0 amide bonds. The highest BCUT2D eigenvalue weighted by molar-refractivity contribution is 5.87. The molecule has 126 valence electrons. The number of esters is 1. The number of carbonyl (C=O) groups excluding carboxylic acids is 1. The van der Waals surface area contributed by atoms with Crippen molar-refractivity contribution in [1.82, 2.24) is 0 Å². The van der Waals surface area contributed by atoms with Gasteiger partial charge in [-0.05, 0) is 35.7 Å². The average molecular weight is 334 g/mol. The summed E-state index contributed by atoms with van der Waals surface area (Å²) in [5.41, 5.74) is 4.49. The van der Waals surface area contributed by atoms with E-state index in [-0.39, 0.29) is 5.69 Å². The normalized spacial score (nSPS) is 10.5. The Bertz CT molecular complexity index is 887. The van der Waals surface area contributed by atoms with Crippen molar-refractivity contribution in [2.24, 2.45) is 0 Å². The minimum Gasteiger partial charge on any atom is -0.461 e. The summed E-state index contributed by atoms with van der Waals surface area (Å²) in [5, 5.41) is 10.7. The lowest BCUT2D eigenvalue weighted by Gasteiger charge is -2.08. The van der Waals surface area contributed by atoms with Crippen LogP contribution < -0.4 is 4.73 Å². The summed E-state index contributed by atoms with van der Waals surface area (Å²) in [6.07, 6.45) is 0.965. The number of methoxy groups -OCH3 is 1. The predicted octanol–water partition coefficient (Wildman–Crippen LogP) is 3.89. The van der Waals surface area contributed by atoms with Gasteiger partial charge in [-0.2, -0.15) is 0 Å². The van der Waals surface area contributed by atoms with E-state index in [1.165, 1.54) is 12.7 Å². The number of aromatic nitrogens is 1. The smallest absolute Gasteiger partial charge is 0.408 e. The van der Waals surface area contributed by atoms with Crippen molar-refractivity contribution in [1.29, 1.82) is 0 Å². The van der Waals surface area contributed by atoms with Crippen molar-refractivity contribution in [3.63, 3.8) is 0 Å². The van der Waals surface area contributed by atoms with E-state index in [0.717, 1.165) is 27.8 Å². The van der Waals surface area contributed by atoms with Crippen LogP contribution in [0.25, 0.3) is 22.4 Å². The number of ether oxygens (including phenoxy) is 1. The van der Waals surface area contributed by atoms with Gasteiger partial charge < -0.3 is 4.74 Å². The fourth-order valence-electron chi connectivity index (χ4n) is 2.83. The van der Waals surface area contributed by atoms with Gasteiger partial charge >= 0.3 is 11.7 Å². The summed E-state index contributed by atoms with van der Waals surface area (Å²) in [6.45, 7) is 2.11. The van der Waals surface area contributed by atoms with Crippen LogP contribution in [0.1, 0.15) is 23.0 Å². The third-order valence-corrected chi connectivity index (χ3v) is 4.22. The average Bonchev–Trinajstić information content (AvgIpc) is 2.68. The zero-order chi connectivity index (χ0) is 17.8. The lowest BCUT2D eigenvalue weighted by atomic mass is 9.97. The molecule has 0 aliphatic rings. The Balaban J connectivity index is 2.24. The molecule has 0 unspecified atom stereocenters. The van der Waals surface area contributed by atoms with Crippen LogP contribution in [0.5, 0.6) is 0 Å². The number of rotatable bonds is 4. The zero-order valence-electron chi connectivity index (χ0n) is 14.3. The summed E-state index contributed by atoms with van der Waals surface area (Å²) in [6, 6.07) is 21.1. The van der Waals surface area contributed by atoms with Gasteiger partial charge in [0.1, 0.15) is 0 Å². The molecule has 1 N–H and O–H groups in total. The summed E-state index contributed by atoms with van der Waals surface area (Å²) in [4.78, 5) is 11.9. The second-order valence-electron chi connectivity index (χ2n) is 5.70. The Morgan fingerprint density at radius 3 is 2.24 bits per heavy atom. The molecule has 25 heavy (non-hydrogen) atoms. The summed E-state index contributed by atoms with van der Waals surface area (Å²) >= 11 is 0. The quantitative estimate of drug-likeness (QED) is 0.447. The van der Waals surface area contributed by atoms with E-state index in [0.29, 0.717) is 5.69 Å². The molecule has 4 heteroatoms. The summed E-state index contributed by atoms with van der Waals surface area (Å²) < 4.78 is 5.67. The van der Waals surface area contributed by atoms with Gasteiger partial charge in [-0.1, -0.05) is 49.4 Å². The van der Waals surface area contributed by atoms with Crippen LogP contribution in [0.4, 0.5) is 0 Å². The SMILES string of the molecule is CCc1ccc(-c2ccc(C(=O)OC)[n+](O)c2-c2ccccc2)cc1. The highest BCUT2D eigenvalue weighted by atomic mass is 16.5. The second kappa shape index (κ2) is 7.18. The minimum absolute atomic E-state index is 0.0790. The predicted molar refractivity (Wildman–Crippen MR) is 95.4 cm³/mol. The molecular formula is C21H20NO3+. The van der Waals surface area contributed by atoms with Gasteiger partial charge in [0.25, 0.3) is 5.69 Å². The first-order valence-corrected chi connectivity index (χ1v) is 8.17. The molecule has 0 fully saturated rings. The van der Waals surface area contributed by atoms with Gasteiger partial charge in [0.2, 0.25) is 0 Å². The number of aryl methyl sites for hydroxylation is 1. The molecule has 0 aliphatic carbocycles. The molecule has 1 heterocycles. The molecule has 0 bridgehead atoms. The lowest BCUT2D eigenvalue weighted by Crippen LogP contribution is -2.40. The Morgan fingerprint density at radius 2 is 1.64 bits per heavy atom. The Labute approximate surface area is 146 Å². The van der Waals surface area contributed by atoms with Crippen LogP contribution in [0.2, 0.25) is 0 Å². The first-order chi connectivity index (χ1) is 12.2. The molecule has 3 aromatic rings. The van der Waals surface area contributed by atoms with Crippen LogP contribution in [0, 0.1) is 0 Å². The van der Waals surface area contributed by atoms with Crippen molar-refractivity contribution >= 4 is 5.97 Å². The van der Waals surface area contributed by atoms with Crippen molar-refractivity contribution in [2.45, 2.75) is 13.3 Å². The fourth-order valence-corrected chi connectivity index (χ4v) is 2.83. The van der Waals surface area contributed by atoms with Crippen molar-refractivity contribution in [3.05, 3.63) is 78.0 Å². The summed E-state index contributed by atoms with van der Waals surface area (Å²) in [7, 11) is 1.29. The molecule has 0 atom stereocenters. The third-order valence-electron chi connectivity index (χ3n) is 4.22. The van der Waals surface area contributed by atoms with E-state index in [1.807, 2.05) is 48.5 Å². The van der Waals surface area contributed by atoms with Gasteiger partial charge in [-0.3, -0.25) is 5.21 Å². The highest BCUT2D eigenvalue weighted by Gasteiger charge is 2.29. The third kappa shape index (κ3) is 3.24. The van der Waals surface area contributed by atoms with Crippen LogP contribution >= 0.6 is 0 Å². The first-order valence-electron chi connectivity index (χ1n) is 8.17. The van der Waals surface area contributed by atoms with Crippen LogP contribution in [0.15, 0.2) is 66.7 Å². The number of benzene rings is 2. The molecule has 0 aliphatic heterocycles. The number of pyridine rings is 1. The standard InChI is InChI=1S/C21H20NO3/c1-3-15-9-11-16(12-10-15)18-13-14-19(21(23)25-2)22(24)20(18)17-7-5-4-6-8-17/h4-14,24H,3H2,1-2H3/q+1. The van der Waals surface area contributed by atoms with Crippen molar-refractivity contribution in [2.75, 3.05) is 7.11 Å². The van der Waals surface area contributed by atoms with Crippen LogP contribution in [0.3, 0.4) is 0 Å². The molecular weight excluding hydrogens is 314 g/mol. The monoisotopic (exact) mass is 334 g/mol. The summed E-state index contributed by atoms with van der Waals surface area (Å²) in [5.74, 6) is -0.590. The van der Waals surface area contributed by atoms with Gasteiger partial charge in [0.15, 0.2) is 0 Å². The van der Waals surface area contributed by atoms with Gasteiger partial charge in [0, 0.05) is 10.8 Å². The van der Waals surface area contributed by atoms with E-state index in [4.69, 9.17) is 4.74 Å². The maximum atomic E-state index is 11.9. The first kappa shape index (κ1) is 16.7. The van der Waals surface area contributed by atoms with E-state index >= 15 is 0 Å². The van der Waals surface area contributed by atoms with E-state index in [1.54, 1.807) is 6.07 Å². The topological polar surface area (TPSA) is 50.4 Å². The highest BCUT2D eigenvalue weighted by Crippen LogP contribution is 2.30. The van der Waals surface area contributed by atoms with E-state index in [2.05, 4.69) is 19.1 Å². The molecule has 2 aromatic carbocycles. The zero-order valence-corrected chi connectivity index (χ0v) is 14.3. The number of carbonyl (C=O) groups is 1. The number of hydrogen-bond acceptors (Lipinski definition) is 3. The molecule has 0 spiro atoms. The largest absolute Gasteiger partial charge is 0.461 e. The van der Waals surface area contributed by atoms with Crippen molar-refractivity contribution in [3.8, 4) is 22.4 Å². The number of hydrogen-bond donors (Lipinski definition) is 1. The molecule has 0 saturated heterocycles.